The number of carbonyl (C=O) groups is 3. The summed E-state index contributed by atoms with van der Waals surface area (Å²) in [7, 11) is 0. The van der Waals surface area contributed by atoms with Crippen LogP contribution in [0.1, 0.15) is 75.5 Å². The topological polar surface area (TPSA) is 164 Å². The first kappa shape index (κ1) is 32.9. The van der Waals surface area contributed by atoms with Gasteiger partial charge in [-0.15, -0.1) is 0 Å². The highest BCUT2D eigenvalue weighted by Gasteiger charge is 2.31. The van der Waals surface area contributed by atoms with Crippen molar-refractivity contribution in [1.29, 1.82) is 5.41 Å². The summed E-state index contributed by atoms with van der Waals surface area (Å²) in [5.74, 6) is -0.176. The van der Waals surface area contributed by atoms with Gasteiger partial charge in [0.05, 0.1) is 6.20 Å². The van der Waals surface area contributed by atoms with Gasteiger partial charge in [-0.25, -0.2) is 9.78 Å². The van der Waals surface area contributed by atoms with E-state index >= 15 is 0 Å². The fourth-order valence-corrected chi connectivity index (χ4v) is 4.81. The summed E-state index contributed by atoms with van der Waals surface area (Å²) in [6.45, 7) is 7.52. The lowest BCUT2D eigenvalue weighted by Crippen LogP contribution is -2.37. The van der Waals surface area contributed by atoms with E-state index in [1.54, 1.807) is 45.0 Å². The van der Waals surface area contributed by atoms with Crippen molar-refractivity contribution in [2.45, 2.75) is 84.2 Å². The summed E-state index contributed by atoms with van der Waals surface area (Å²) in [4.78, 5) is 55.1. The Kier molecular flexibility index (Phi) is 10.7. The molecule has 12 nitrogen and oxygen atoms in total. The summed E-state index contributed by atoms with van der Waals surface area (Å²) in [6.07, 6.45) is 2.36. The second kappa shape index (κ2) is 14.7. The number of aromatic nitrogens is 2. The Morgan fingerprint density at radius 2 is 1.78 bits per heavy atom. The molecule has 45 heavy (non-hydrogen) atoms. The summed E-state index contributed by atoms with van der Waals surface area (Å²) < 4.78 is 11.9. The average Bonchev–Trinajstić information content (AvgIpc) is 3.44. The lowest BCUT2D eigenvalue weighted by atomic mass is 10.1. The highest BCUT2D eigenvalue weighted by molar-refractivity contribution is 6.04. The van der Waals surface area contributed by atoms with Crippen LogP contribution in [0.3, 0.4) is 0 Å². The molecule has 1 aliphatic heterocycles. The number of anilines is 1. The van der Waals surface area contributed by atoms with E-state index in [2.05, 4.69) is 20.9 Å². The minimum absolute atomic E-state index is 0.101. The number of hydrogen-bond acceptors (Lipinski definition) is 9. The number of amidine groups is 1. The molecule has 0 radical (unpaired) electrons. The number of alkyl carbamates (subject to hydrolysis) is 1. The maximum absolute atomic E-state index is 13.4. The van der Waals surface area contributed by atoms with Crippen LogP contribution in [0.4, 0.5) is 10.5 Å². The molecular weight excluding hydrogens is 576 g/mol. The second-order valence-corrected chi connectivity index (χ2v) is 12.0. The van der Waals surface area contributed by atoms with Gasteiger partial charge in [0.1, 0.15) is 35.6 Å². The highest BCUT2D eigenvalue weighted by Crippen LogP contribution is 2.24. The van der Waals surface area contributed by atoms with Crippen LogP contribution in [0.5, 0.6) is 0 Å². The summed E-state index contributed by atoms with van der Waals surface area (Å²) in [6, 6.07) is 15.4. The van der Waals surface area contributed by atoms with Gasteiger partial charge < -0.3 is 20.1 Å². The van der Waals surface area contributed by atoms with Gasteiger partial charge in [-0.05, 0) is 51.7 Å². The summed E-state index contributed by atoms with van der Waals surface area (Å²) >= 11 is 0. The Balaban J connectivity index is 1.28. The van der Waals surface area contributed by atoms with Crippen LogP contribution >= 0.6 is 0 Å². The molecule has 4 N–H and O–H groups in total. The SMILES string of the molecule is C[C@@H](CCC(=O)OCc1ccccc1)Nc1cnc2n(c1=O)C(C(=O)NCc1ccc(C(=N)NC(=O)OC(C)(C)C)cc1)CC2. The normalized spacial score (nSPS) is 14.5. The number of esters is 1. The number of amides is 2. The van der Waals surface area contributed by atoms with Crippen LogP contribution in [0.2, 0.25) is 0 Å². The van der Waals surface area contributed by atoms with Crippen LogP contribution in [-0.4, -0.2) is 45.0 Å². The quantitative estimate of drug-likeness (QED) is 0.141. The third kappa shape index (κ3) is 9.49. The summed E-state index contributed by atoms with van der Waals surface area (Å²) in [5, 5.41) is 16.5. The minimum atomic E-state index is -0.711. The molecule has 0 saturated carbocycles. The zero-order valence-electron chi connectivity index (χ0n) is 26.0. The number of nitrogens with zero attached hydrogens (tertiary/aromatic N) is 2. The van der Waals surface area contributed by atoms with Gasteiger partial charge in [0.15, 0.2) is 0 Å². The molecule has 0 bridgehead atoms. The molecule has 0 fully saturated rings. The molecule has 1 unspecified atom stereocenters. The minimum Gasteiger partial charge on any atom is -0.461 e. The zero-order chi connectivity index (χ0) is 32.6. The smallest absolute Gasteiger partial charge is 0.413 e. The number of rotatable bonds is 11. The first-order chi connectivity index (χ1) is 21.4. The number of ether oxygens (including phenoxy) is 2. The molecule has 1 aliphatic rings. The lowest BCUT2D eigenvalue weighted by molar-refractivity contribution is -0.145. The molecule has 12 heteroatoms. The van der Waals surface area contributed by atoms with E-state index in [1.807, 2.05) is 37.3 Å². The Bertz CT molecular complexity index is 1580. The van der Waals surface area contributed by atoms with E-state index in [-0.39, 0.29) is 54.6 Å². The lowest BCUT2D eigenvalue weighted by Gasteiger charge is -2.20. The number of fused-ring (bicyclic) bond motifs is 1. The van der Waals surface area contributed by atoms with Crippen LogP contribution in [0.15, 0.2) is 65.6 Å². The number of benzene rings is 2. The fraction of sp³-hybridized carbons (Fsp3) is 0.394. The maximum Gasteiger partial charge on any atom is 0.413 e. The number of nitrogens with one attached hydrogen (secondary N) is 4. The molecule has 0 saturated heterocycles. The van der Waals surface area contributed by atoms with Crippen molar-refractivity contribution in [3.63, 3.8) is 0 Å². The first-order valence-corrected chi connectivity index (χ1v) is 14.9. The average molecular weight is 617 g/mol. The number of carbonyl (C=O) groups excluding carboxylic acids is 3. The van der Waals surface area contributed by atoms with Gasteiger partial charge in [-0.2, -0.15) is 0 Å². The largest absolute Gasteiger partial charge is 0.461 e. The maximum atomic E-state index is 13.4. The Morgan fingerprint density at radius 3 is 2.47 bits per heavy atom. The standard InChI is InChI=1S/C33H40N6O6/c1-21(10-17-28(40)44-20-23-8-6-5-7-9-23)37-25-19-35-27-16-15-26(39(27)31(25)42)30(41)36-18-22-11-13-24(14-12-22)29(34)38-32(43)45-33(2,3)4/h5-9,11-14,19,21,26,37H,10,15-18,20H2,1-4H3,(H,36,41)(H2,34,38,43)/t21-,26?/m0/s1. The van der Waals surface area contributed by atoms with Crippen molar-refractivity contribution in [3.8, 4) is 0 Å². The third-order valence-corrected chi connectivity index (χ3v) is 7.09. The molecule has 2 aromatic carbocycles. The van der Waals surface area contributed by atoms with Gasteiger partial charge >= 0.3 is 12.1 Å². The molecule has 2 heterocycles. The van der Waals surface area contributed by atoms with Crippen LogP contribution < -0.4 is 21.5 Å². The molecule has 1 aromatic heterocycles. The van der Waals surface area contributed by atoms with E-state index in [1.165, 1.54) is 10.8 Å². The van der Waals surface area contributed by atoms with Crippen molar-refractivity contribution < 1.29 is 23.9 Å². The molecule has 2 atom stereocenters. The fourth-order valence-electron chi connectivity index (χ4n) is 4.81. The molecule has 3 aromatic rings. The van der Waals surface area contributed by atoms with Gasteiger partial charge in [0.25, 0.3) is 5.56 Å². The monoisotopic (exact) mass is 616 g/mol. The second-order valence-electron chi connectivity index (χ2n) is 12.0. The highest BCUT2D eigenvalue weighted by atomic mass is 16.6. The van der Waals surface area contributed by atoms with Crippen molar-refractivity contribution in [1.82, 2.24) is 20.2 Å². The summed E-state index contributed by atoms with van der Waals surface area (Å²) in [5.41, 5.74) is 1.43. The van der Waals surface area contributed by atoms with Gasteiger partial charge in [-0.1, -0.05) is 54.6 Å². The van der Waals surface area contributed by atoms with Gasteiger partial charge in [-0.3, -0.25) is 29.7 Å². The van der Waals surface area contributed by atoms with E-state index < -0.39 is 17.7 Å². The predicted octanol–water partition coefficient (Wildman–Crippen LogP) is 4.22. The van der Waals surface area contributed by atoms with E-state index in [9.17, 15) is 19.2 Å². The Hall–Kier alpha value is -5.00. The van der Waals surface area contributed by atoms with Crippen molar-refractivity contribution in [2.75, 3.05) is 5.32 Å². The van der Waals surface area contributed by atoms with Crippen molar-refractivity contribution in [2.24, 2.45) is 0 Å². The van der Waals surface area contributed by atoms with Crippen molar-refractivity contribution >= 4 is 29.5 Å². The van der Waals surface area contributed by atoms with Crippen molar-refractivity contribution in [3.05, 3.63) is 93.7 Å². The van der Waals surface area contributed by atoms with E-state index in [4.69, 9.17) is 14.9 Å². The Labute approximate surface area is 262 Å². The third-order valence-electron chi connectivity index (χ3n) is 7.09. The Morgan fingerprint density at radius 1 is 1.07 bits per heavy atom. The molecule has 4 rings (SSSR count). The predicted molar refractivity (Wildman–Crippen MR) is 169 cm³/mol. The molecular formula is C33H40N6O6. The van der Waals surface area contributed by atoms with Crippen LogP contribution in [0, 0.1) is 5.41 Å². The van der Waals surface area contributed by atoms with E-state index in [0.29, 0.717) is 30.7 Å². The zero-order valence-corrected chi connectivity index (χ0v) is 26.0. The number of aryl methyl sites for hydroxylation is 1. The molecule has 0 aliphatic carbocycles. The molecule has 2 amide bonds. The van der Waals surface area contributed by atoms with Crippen LogP contribution in [-0.2, 0) is 38.6 Å². The number of hydrogen-bond donors (Lipinski definition) is 4. The van der Waals surface area contributed by atoms with Gasteiger partial charge in [0, 0.05) is 31.0 Å². The van der Waals surface area contributed by atoms with Crippen LogP contribution in [0.25, 0.3) is 0 Å². The first-order valence-electron chi connectivity index (χ1n) is 14.9. The van der Waals surface area contributed by atoms with Gasteiger partial charge in [0.2, 0.25) is 5.91 Å². The van der Waals surface area contributed by atoms with E-state index in [0.717, 1.165) is 11.1 Å². The molecule has 238 valence electrons. The molecule has 0 spiro atoms.